The van der Waals surface area contributed by atoms with Crippen LogP contribution < -0.4 is 5.32 Å². The Labute approximate surface area is 133 Å². The molecule has 1 aromatic heterocycles. The van der Waals surface area contributed by atoms with Crippen molar-refractivity contribution in [2.45, 2.75) is 12.5 Å². The number of nitrogens with zero attached hydrogens (tertiary/aromatic N) is 1. The predicted molar refractivity (Wildman–Crippen MR) is 82.3 cm³/mol. The molecule has 0 spiro atoms. The van der Waals surface area contributed by atoms with Crippen molar-refractivity contribution in [1.82, 2.24) is 10.3 Å². The summed E-state index contributed by atoms with van der Waals surface area (Å²) in [5, 5.41) is 3.24. The van der Waals surface area contributed by atoms with Gasteiger partial charge in [0.05, 0.1) is 19.2 Å². The number of carbonyl (C=O) groups is 2. The second-order valence-electron chi connectivity index (χ2n) is 4.58. The number of aromatic nitrogens is 1. The SMILES string of the molecule is COC(=O)[C@@H](NC(=O)Cc1ccc(Cl)cc1)c1ccccn1. The standard InChI is InChI=1S/C16H15ClN2O3/c1-22-16(21)15(13-4-2-3-9-18-13)19-14(20)10-11-5-7-12(17)8-6-11/h2-9,15H,10H2,1H3,(H,19,20)/t15-/m0/s1. The van der Waals surface area contributed by atoms with Gasteiger partial charge in [-0.15, -0.1) is 0 Å². The second kappa shape index (κ2) is 7.56. The summed E-state index contributed by atoms with van der Waals surface area (Å²) in [6.07, 6.45) is 1.69. The quantitative estimate of drug-likeness (QED) is 0.859. The average molecular weight is 319 g/mol. The van der Waals surface area contributed by atoms with Gasteiger partial charge in [-0.05, 0) is 29.8 Å². The van der Waals surface area contributed by atoms with Crippen LogP contribution in [0.5, 0.6) is 0 Å². The number of halogens is 1. The summed E-state index contributed by atoms with van der Waals surface area (Å²) in [5.74, 6) is -0.869. The minimum atomic E-state index is -0.925. The Hall–Kier alpha value is -2.40. The lowest BCUT2D eigenvalue weighted by molar-refractivity contribution is -0.145. The molecule has 22 heavy (non-hydrogen) atoms. The van der Waals surface area contributed by atoms with Crippen LogP contribution in [-0.4, -0.2) is 24.0 Å². The predicted octanol–water partition coefficient (Wildman–Crippen LogP) is 2.31. The fourth-order valence-corrected chi connectivity index (χ4v) is 2.04. The van der Waals surface area contributed by atoms with Gasteiger partial charge in [0.15, 0.2) is 6.04 Å². The third-order valence-electron chi connectivity index (χ3n) is 3.00. The number of ether oxygens (including phenoxy) is 1. The summed E-state index contributed by atoms with van der Waals surface area (Å²) in [4.78, 5) is 28.1. The first-order valence-corrected chi connectivity index (χ1v) is 7.00. The van der Waals surface area contributed by atoms with Crippen molar-refractivity contribution in [3.8, 4) is 0 Å². The largest absolute Gasteiger partial charge is 0.467 e. The van der Waals surface area contributed by atoms with E-state index >= 15 is 0 Å². The van der Waals surface area contributed by atoms with E-state index in [0.29, 0.717) is 10.7 Å². The summed E-state index contributed by atoms with van der Waals surface area (Å²) in [7, 11) is 1.27. The summed E-state index contributed by atoms with van der Waals surface area (Å²) < 4.78 is 4.72. The van der Waals surface area contributed by atoms with E-state index in [9.17, 15) is 9.59 Å². The highest BCUT2D eigenvalue weighted by Crippen LogP contribution is 2.13. The molecule has 1 atom stereocenters. The van der Waals surface area contributed by atoms with E-state index in [1.807, 2.05) is 0 Å². The molecule has 1 N–H and O–H groups in total. The fraction of sp³-hybridized carbons (Fsp3) is 0.188. The van der Waals surface area contributed by atoms with E-state index in [-0.39, 0.29) is 12.3 Å². The minimum absolute atomic E-state index is 0.136. The van der Waals surface area contributed by atoms with E-state index in [1.165, 1.54) is 7.11 Å². The van der Waals surface area contributed by atoms with Gasteiger partial charge in [-0.3, -0.25) is 9.78 Å². The van der Waals surface area contributed by atoms with Gasteiger partial charge < -0.3 is 10.1 Å². The average Bonchev–Trinajstić information content (AvgIpc) is 2.55. The summed E-state index contributed by atoms with van der Waals surface area (Å²) >= 11 is 5.80. The van der Waals surface area contributed by atoms with E-state index in [2.05, 4.69) is 10.3 Å². The molecule has 0 saturated heterocycles. The molecule has 2 rings (SSSR count). The molecule has 1 heterocycles. The van der Waals surface area contributed by atoms with Gasteiger partial charge in [0.1, 0.15) is 0 Å². The number of carbonyl (C=O) groups excluding carboxylic acids is 2. The fourth-order valence-electron chi connectivity index (χ4n) is 1.92. The maximum absolute atomic E-state index is 12.1. The molecule has 114 valence electrons. The van der Waals surface area contributed by atoms with Crippen LogP contribution in [0.4, 0.5) is 0 Å². The highest BCUT2D eigenvalue weighted by molar-refractivity contribution is 6.30. The first-order chi connectivity index (χ1) is 10.6. The summed E-state index contributed by atoms with van der Waals surface area (Å²) in [5.41, 5.74) is 1.23. The van der Waals surface area contributed by atoms with Crippen LogP contribution in [0.2, 0.25) is 5.02 Å². The Bertz CT molecular complexity index is 644. The molecule has 0 aliphatic heterocycles. The lowest BCUT2D eigenvalue weighted by Crippen LogP contribution is -2.35. The van der Waals surface area contributed by atoms with E-state index < -0.39 is 12.0 Å². The van der Waals surface area contributed by atoms with Crippen molar-refractivity contribution in [3.05, 3.63) is 64.9 Å². The number of amides is 1. The second-order valence-corrected chi connectivity index (χ2v) is 5.02. The van der Waals surface area contributed by atoms with Crippen molar-refractivity contribution in [1.29, 1.82) is 0 Å². The molecular formula is C16H15ClN2O3. The molecule has 0 fully saturated rings. The van der Waals surface area contributed by atoms with Crippen molar-refractivity contribution in [2.75, 3.05) is 7.11 Å². The van der Waals surface area contributed by atoms with Gasteiger partial charge in [-0.25, -0.2) is 4.79 Å². The molecule has 2 aromatic rings. The van der Waals surface area contributed by atoms with E-state index in [1.54, 1.807) is 48.7 Å². The number of methoxy groups -OCH3 is 1. The summed E-state index contributed by atoms with van der Waals surface area (Å²) in [6, 6.07) is 11.1. The van der Waals surface area contributed by atoms with Gasteiger partial charge in [0.25, 0.3) is 0 Å². The van der Waals surface area contributed by atoms with E-state index in [4.69, 9.17) is 16.3 Å². The number of nitrogens with one attached hydrogen (secondary N) is 1. The van der Waals surface area contributed by atoms with E-state index in [0.717, 1.165) is 5.56 Å². The monoisotopic (exact) mass is 318 g/mol. The Kier molecular flexibility index (Phi) is 5.49. The summed E-state index contributed by atoms with van der Waals surface area (Å²) in [6.45, 7) is 0. The van der Waals surface area contributed by atoms with Crippen LogP contribution in [-0.2, 0) is 20.7 Å². The van der Waals surface area contributed by atoms with Crippen molar-refractivity contribution < 1.29 is 14.3 Å². The number of hydrogen-bond donors (Lipinski definition) is 1. The maximum Gasteiger partial charge on any atom is 0.334 e. The molecule has 0 bridgehead atoms. The molecule has 5 nitrogen and oxygen atoms in total. The zero-order chi connectivity index (χ0) is 15.9. The first kappa shape index (κ1) is 16.0. The van der Waals surface area contributed by atoms with Gasteiger partial charge in [-0.1, -0.05) is 29.8 Å². The van der Waals surface area contributed by atoms with Crippen LogP contribution in [0.1, 0.15) is 17.3 Å². The molecule has 6 heteroatoms. The zero-order valence-electron chi connectivity index (χ0n) is 12.0. The number of rotatable bonds is 5. The normalized spacial score (nSPS) is 11.5. The minimum Gasteiger partial charge on any atom is -0.467 e. The van der Waals surface area contributed by atoms with Gasteiger partial charge in [0, 0.05) is 11.2 Å². The lowest BCUT2D eigenvalue weighted by atomic mass is 10.1. The third kappa shape index (κ3) is 4.30. The third-order valence-corrected chi connectivity index (χ3v) is 3.26. The number of esters is 1. The number of hydrogen-bond acceptors (Lipinski definition) is 4. The van der Waals surface area contributed by atoms with Crippen LogP contribution in [0.3, 0.4) is 0 Å². The van der Waals surface area contributed by atoms with Crippen LogP contribution in [0.15, 0.2) is 48.7 Å². The zero-order valence-corrected chi connectivity index (χ0v) is 12.7. The van der Waals surface area contributed by atoms with Crippen LogP contribution >= 0.6 is 11.6 Å². The lowest BCUT2D eigenvalue weighted by Gasteiger charge is -2.16. The van der Waals surface area contributed by atoms with Crippen molar-refractivity contribution >= 4 is 23.5 Å². The molecule has 0 saturated carbocycles. The number of pyridine rings is 1. The smallest absolute Gasteiger partial charge is 0.334 e. The highest BCUT2D eigenvalue weighted by atomic mass is 35.5. The van der Waals surface area contributed by atoms with Crippen LogP contribution in [0.25, 0.3) is 0 Å². The van der Waals surface area contributed by atoms with Crippen molar-refractivity contribution in [2.24, 2.45) is 0 Å². The Balaban J connectivity index is 2.08. The Morgan fingerprint density at radius 2 is 1.95 bits per heavy atom. The molecule has 1 amide bonds. The van der Waals surface area contributed by atoms with Crippen LogP contribution in [0, 0.1) is 0 Å². The molecular weight excluding hydrogens is 304 g/mol. The molecule has 1 aromatic carbocycles. The molecule has 0 unspecified atom stereocenters. The highest BCUT2D eigenvalue weighted by Gasteiger charge is 2.24. The molecule has 0 aliphatic carbocycles. The first-order valence-electron chi connectivity index (χ1n) is 6.62. The number of benzene rings is 1. The topological polar surface area (TPSA) is 68.3 Å². The Morgan fingerprint density at radius 1 is 1.23 bits per heavy atom. The van der Waals surface area contributed by atoms with Gasteiger partial charge in [-0.2, -0.15) is 0 Å². The van der Waals surface area contributed by atoms with Crippen molar-refractivity contribution in [3.63, 3.8) is 0 Å². The van der Waals surface area contributed by atoms with Gasteiger partial charge in [0.2, 0.25) is 5.91 Å². The molecule has 0 aliphatic rings. The van der Waals surface area contributed by atoms with Gasteiger partial charge >= 0.3 is 5.97 Å². The Morgan fingerprint density at radius 3 is 2.55 bits per heavy atom. The maximum atomic E-state index is 12.1. The molecule has 0 radical (unpaired) electrons.